The molecule has 2 heterocycles. The van der Waals surface area contributed by atoms with Crippen molar-refractivity contribution in [3.05, 3.63) is 40.8 Å². The number of piperidine rings is 1. The third-order valence-electron chi connectivity index (χ3n) is 5.08. The summed E-state index contributed by atoms with van der Waals surface area (Å²) >= 11 is 6.03. The van der Waals surface area contributed by atoms with Crippen LogP contribution in [0.5, 0.6) is 5.75 Å². The van der Waals surface area contributed by atoms with Gasteiger partial charge in [0.15, 0.2) is 0 Å². The molecule has 1 N–H and O–H groups in total. The van der Waals surface area contributed by atoms with E-state index in [1.54, 1.807) is 31.5 Å². The van der Waals surface area contributed by atoms with Crippen LogP contribution in [0.3, 0.4) is 0 Å². The van der Waals surface area contributed by atoms with Gasteiger partial charge in [0.1, 0.15) is 11.6 Å². The molecule has 1 aliphatic heterocycles. The van der Waals surface area contributed by atoms with Crippen LogP contribution in [0, 0.1) is 19.8 Å². The second-order valence-electron chi connectivity index (χ2n) is 7.31. The first-order valence-electron chi connectivity index (χ1n) is 9.65. The van der Waals surface area contributed by atoms with E-state index in [0.717, 1.165) is 49.6 Å². The van der Waals surface area contributed by atoms with Gasteiger partial charge in [-0.05, 0) is 57.2 Å². The predicted octanol–water partition coefficient (Wildman–Crippen LogP) is 4.39. The standard InChI is InChI=1S/C21H27ClN4O2/c1-14-12-23-15(2)21(24-14)26-10-4-5-16(13-26)6-9-20(27)25-18-11-17(22)7-8-19(18)28-3/h7-8,11-12,16H,4-6,9-10,13H2,1-3H3,(H,25,27)/t16-/m0/s1. The fraction of sp³-hybridized carbons (Fsp3) is 0.476. The fourth-order valence-corrected chi connectivity index (χ4v) is 3.82. The molecule has 1 saturated heterocycles. The van der Waals surface area contributed by atoms with Crippen molar-refractivity contribution >= 4 is 29.0 Å². The van der Waals surface area contributed by atoms with E-state index in [2.05, 4.69) is 20.2 Å². The number of nitrogens with zero attached hydrogens (tertiary/aromatic N) is 3. The Labute approximate surface area is 171 Å². The second kappa shape index (κ2) is 9.24. The Morgan fingerprint density at radius 1 is 1.39 bits per heavy atom. The number of carbonyl (C=O) groups is 1. The lowest BCUT2D eigenvalue weighted by Crippen LogP contribution is -2.37. The van der Waals surface area contributed by atoms with E-state index in [0.29, 0.717) is 28.8 Å². The molecule has 1 fully saturated rings. The molecule has 2 aromatic rings. The number of anilines is 2. The second-order valence-corrected chi connectivity index (χ2v) is 7.74. The Hall–Kier alpha value is -2.34. The van der Waals surface area contributed by atoms with Crippen LogP contribution in [-0.2, 0) is 4.79 Å². The maximum atomic E-state index is 12.4. The topological polar surface area (TPSA) is 67.3 Å². The maximum absolute atomic E-state index is 12.4. The number of benzene rings is 1. The van der Waals surface area contributed by atoms with Crippen LogP contribution in [0.25, 0.3) is 0 Å². The molecule has 6 nitrogen and oxygen atoms in total. The number of hydrogen-bond donors (Lipinski definition) is 1. The molecule has 1 amide bonds. The third kappa shape index (κ3) is 5.13. The van der Waals surface area contributed by atoms with E-state index in [1.165, 1.54) is 0 Å². The predicted molar refractivity (Wildman–Crippen MR) is 112 cm³/mol. The van der Waals surface area contributed by atoms with E-state index < -0.39 is 0 Å². The molecule has 0 saturated carbocycles. The van der Waals surface area contributed by atoms with Crippen molar-refractivity contribution in [3.8, 4) is 5.75 Å². The van der Waals surface area contributed by atoms with Gasteiger partial charge in [0.2, 0.25) is 5.91 Å². The Morgan fingerprint density at radius 2 is 2.21 bits per heavy atom. The minimum Gasteiger partial charge on any atom is -0.495 e. The Morgan fingerprint density at radius 3 is 3.00 bits per heavy atom. The molecule has 28 heavy (non-hydrogen) atoms. The van der Waals surface area contributed by atoms with E-state index >= 15 is 0 Å². The Kier molecular flexibility index (Phi) is 6.73. The number of halogens is 1. The van der Waals surface area contributed by atoms with Gasteiger partial charge in [0.25, 0.3) is 0 Å². The summed E-state index contributed by atoms with van der Waals surface area (Å²) in [6.07, 6.45) is 5.33. The average molecular weight is 403 g/mol. The van der Waals surface area contributed by atoms with Crippen LogP contribution < -0.4 is 15.0 Å². The zero-order chi connectivity index (χ0) is 20.1. The molecule has 1 aromatic carbocycles. The molecule has 0 radical (unpaired) electrons. The number of carbonyl (C=O) groups excluding carboxylic acids is 1. The van der Waals surface area contributed by atoms with Crippen LogP contribution in [0.1, 0.15) is 37.1 Å². The molecule has 1 atom stereocenters. The number of aryl methyl sites for hydroxylation is 2. The van der Waals surface area contributed by atoms with Crippen molar-refractivity contribution in [2.45, 2.75) is 39.5 Å². The molecular formula is C21H27ClN4O2. The fourth-order valence-electron chi connectivity index (χ4n) is 3.64. The molecule has 150 valence electrons. The first-order valence-corrected chi connectivity index (χ1v) is 10.0. The summed E-state index contributed by atoms with van der Waals surface area (Å²) in [6, 6.07) is 5.20. The minimum atomic E-state index is -0.0239. The number of hydrogen-bond acceptors (Lipinski definition) is 5. The number of aromatic nitrogens is 2. The average Bonchev–Trinajstić information content (AvgIpc) is 2.69. The molecule has 7 heteroatoms. The van der Waals surface area contributed by atoms with Gasteiger partial charge in [-0.15, -0.1) is 0 Å². The van der Waals surface area contributed by atoms with Crippen molar-refractivity contribution in [2.75, 3.05) is 30.4 Å². The van der Waals surface area contributed by atoms with Gasteiger partial charge in [-0.2, -0.15) is 0 Å². The van der Waals surface area contributed by atoms with Crippen LogP contribution in [0.15, 0.2) is 24.4 Å². The summed E-state index contributed by atoms with van der Waals surface area (Å²) in [4.78, 5) is 23.8. The van der Waals surface area contributed by atoms with Gasteiger partial charge in [-0.3, -0.25) is 9.78 Å². The SMILES string of the molecule is COc1ccc(Cl)cc1NC(=O)CC[C@@H]1CCCN(c2nc(C)cnc2C)C1. The lowest BCUT2D eigenvalue weighted by Gasteiger charge is -2.34. The van der Waals surface area contributed by atoms with Crippen LogP contribution in [0.2, 0.25) is 5.02 Å². The normalized spacial score (nSPS) is 16.7. The molecule has 0 spiro atoms. The lowest BCUT2D eigenvalue weighted by molar-refractivity contribution is -0.116. The molecule has 1 aromatic heterocycles. The van der Waals surface area contributed by atoms with E-state index in [9.17, 15) is 4.79 Å². The molecular weight excluding hydrogens is 376 g/mol. The van der Waals surface area contributed by atoms with Crippen molar-refractivity contribution in [3.63, 3.8) is 0 Å². The smallest absolute Gasteiger partial charge is 0.224 e. The largest absolute Gasteiger partial charge is 0.495 e. The molecule has 3 rings (SSSR count). The highest BCUT2D eigenvalue weighted by Crippen LogP contribution is 2.29. The first kappa shape index (κ1) is 20.4. The highest BCUT2D eigenvalue weighted by molar-refractivity contribution is 6.31. The van der Waals surface area contributed by atoms with Gasteiger partial charge in [-0.1, -0.05) is 11.6 Å². The Bertz CT molecular complexity index is 843. The van der Waals surface area contributed by atoms with Crippen LogP contribution in [-0.4, -0.2) is 36.1 Å². The molecule has 0 aliphatic carbocycles. The van der Waals surface area contributed by atoms with Crippen molar-refractivity contribution < 1.29 is 9.53 Å². The maximum Gasteiger partial charge on any atom is 0.224 e. The number of ether oxygens (including phenoxy) is 1. The molecule has 0 unspecified atom stereocenters. The molecule has 0 bridgehead atoms. The summed E-state index contributed by atoms with van der Waals surface area (Å²) < 4.78 is 5.29. The van der Waals surface area contributed by atoms with Crippen molar-refractivity contribution in [2.24, 2.45) is 5.92 Å². The number of nitrogens with one attached hydrogen (secondary N) is 1. The first-order chi connectivity index (χ1) is 13.5. The van der Waals surface area contributed by atoms with Gasteiger partial charge in [0, 0.05) is 30.7 Å². The van der Waals surface area contributed by atoms with E-state index in [1.807, 2.05) is 13.8 Å². The van der Waals surface area contributed by atoms with E-state index in [-0.39, 0.29) is 5.91 Å². The minimum absolute atomic E-state index is 0.0239. The molecule has 1 aliphatic rings. The van der Waals surface area contributed by atoms with Gasteiger partial charge in [-0.25, -0.2) is 4.98 Å². The van der Waals surface area contributed by atoms with Crippen molar-refractivity contribution in [1.82, 2.24) is 9.97 Å². The zero-order valence-corrected chi connectivity index (χ0v) is 17.4. The van der Waals surface area contributed by atoms with E-state index in [4.69, 9.17) is 16.3 Å². The van der Waals surface area contributed by atoms with Gasteiger partial charge in [0.05, 0.1) is 24.2 Å². The lowest BCUT2D eigenvalue weighted by atomic mass is 9.93. The Balaban J connectivity index is 1.56. The summed E-state index contributed by atoms with van der Waals surface area (Å²) in [5, 5.41) is 3.48. The van der Waals surface area contributed by atoms with Gasteiger partial charge >= 0.3 is 0 Å². The monoisotopic (exact) mass is 402 g/mol. The van der Waals surface area contributed by atoms with Crippen LogP contribution in [0.4, 0.5) is 11.5 Å². The summed E-state index contributed by atoms with van der Waals surface area (Å²) in [5.74, 6) is 2.01. The summed E-state index contributed by atoms with van der Waals surface area (Å²) in [7, 11) is 1.58. The summed E-state index contributed by atoms with van der Waals surface area (Å²) in [6.45, 7) is 5.86. The third-order valence-corrected chi connectivity index (χ3v) is 5.32. The highest BCUT2D eigenvalue weighted by Gasteiger charge is 2.23. The quantitative estimate of drug-likeness (QED) is 0.776. The summed E-state index contributed by atoms with van der Waals surface area (Å²) in [5.41, 5.74) is 2.49. The highest BCUT2D eigenvalue weighted by atomic mass is 35.5. The number of methoxy groups -OCH3 is 1. The zero-order valence-electron chi connectivity index (χ0n) is 16.7. The number of amides is 1. The van der Waals surface area contributed by atoms with Gasteiger partial charge < -0.3 is 15.0 Å². The van der Waals surface area contributed by atoms with Crippen molar-refractivity contribution in [1.29, 1.82) is 0 Å². The van der Waals surface area contributed by atoms with Crippen LogP contribution >= 0.6 is 11.6 Å². The number of rotatable bonds is 6.